The molecule has 1 aromatic heterocycles. The largest absolute Gasteiger partial charge is 0.345 e. The van der Waals surface area contributed by atoms with Crippen LogP contribution in [0.25, 0.3) is 0 Å². The molecule has 0 radical (unpaired) electrons. The fraction of sp³-hybridized carbons (Fsp3) is 0.800. The number of halogens is 2. The van der Waals surface area contributed by atoms with Gasteiger partial charge in [-0.25, -0.2) is 4.98 Å². The highest BCUT2D eigenvalue weighted by atomic mass is 35.5. The summed E-state index contributed by atoms with van der Waals surface area (Å²) < 4.78 is 4.37. The van der Waals surface area contributed by atoms with Crippen molar-refractivity contribution in [2.24, 2.45) is 11.8 Å². The van der Waals surface area contributed by atoms with E-state index in [1.807, 2.05) is 4.90 Å². The quantitative estimate of drug-likeness (QED) is 0.842. The van der Waals surface area contributed by atoms with Crippen LogP contribution in [0.15, 0.2) is 0 Å². The molecule has 6 nitrogen and oxygen atoms in total. The molecule has 24 heavy (non-hydrogen) atoms. The number of rotatable bonds is 4. The molecular formula is C15H27Cl2N5OS. The number of amides is 1. The molecule has 0 spiro atoms. The molecule has 1 amide bonds. The van der Waals surface area contributed by atoms with Crippen LogP contribution in [-0.4, -0.2) is 59.4 Å². The Kier molecular flexibility index (Phi) is 8.70. The number of nitrogens with one attached hydrogen (secondary N) is 1. The molecule has 0 saturated carbocycles. The highest BCUT2D eigenvalue weighted by molar-refractivity contribution is 7.09. The smallest absolute Gasteiger partial charge is 0.225 e. The van der Waals surface area contributed by atoms with Gasteiger partial charge < -0.3 is 15.1 Å². The summed E-state index contributed by atoms with van der Waals surface area (Å²) in [5.74, 6) is 1.89. The van der Waals surface area contributed by atoms with Gasteiger partial charge in [-0.05, 0) is 25.4 Å². The third-order valence-electron chi connectivity index (χ3n) is 4.76. The zero-order chi connectivity index (χ0) is 15.5. The first kappa shape index (κ1) is 21.4. The van der Waals surface area contributed by atoms with E-state index in [-0.39, 0.29) is 30.7 Å². The molecule has 2 aliphatic rings. The van der Waals surface area contributed by atoms with Crippen LogP contribution in [0.3, 0.4) is 0 Å². The van der Waals surface area contributed by atoms with E-state index >= 15 is 0 Å². The summed E-state index contributed by atoms with van der Waals surface area (Å²) in [5.41, 5.74) is 0. The number of anilines is 1. The highest BCUT2D eigenvalue weighted by Gasteiger charge is 2.32. The lowest BCUT2D eigenvalue weighted by molar-refractivity contribution is -0.137. The standard InChI is InChI=1S/C15H25N5OS.2ClH/c1-3-13-17-15(22-18-13)20-6-4-5-19(7-8-20)14(21)11(2)12-9-16-10-12;;/h11-12,16H,3-10H2,1-2H3;2*1H. The van der Waals surface area contributed by atoms with Gasteiger partial charge in [0, 0.05) is 50.1 Å². The Bertz CT molecular complexity index is 526. The van der Waals surface area contributed by atoms with Crippen molar-refractivity contribution in [2.45, 2.75) is 26.7 Å². The SMILES string of the molecule is CCc1nsc(N2CCCN(C(=O)C(C)C3CNC3)CC2)n1.Cl.Cl. The zero-order valence-electron chi connectivity index (χ0n) is 14.2. The van der Waals surface area contributed by atoms with Gasteiger partial charge in [0.2, 0.25) is 11.0 Å². The number of hydrogen-bond donors (Lipinski definition) is 1. The second-order valence-electron chi connectivity index (χ2n) is 6.22. The van der Waals surface area contributed by atoms with Crippen LogP contribution in [0.1, 0.15) is 26.1 Å². The third kappa shape index (κ3) is 4.71. The topological polar surface area (TPSA) is 61.4 Å². The fourth-order valence-electron chi connectivity index (χ4n) is 3.00. The van der Waals surface area contributed by atoms with Gasteiger partial charge in [0.05, 0.1) is 0 Å². The summed E-state index contributed by atoms with van der Waals surface area (Å²) in [6.07, 6.45) is 1.88. The van der Waals surface area contributed by atoms with Crippen molar-refractivity contribution in [3.63, 3.8) is 0 Å². The predicted molar refractivity (Wildman–Crippen MR) is 103 cm³/mol. The van der Waals surface area contributed by atoms with Crippen molar-refractivity contribution >= 4 is 47.4 Å². The Balaban J connectivity index is 0.00000144. The lowest BCUT2D eigenvalue weighted by atomic mass is 9.88. The normalized spacial score (nSPS) is 19.6. The van der Waals surface area contributed by atoms with E-state index in [0.717, 1.165) is 63.1 Å². The Morgan fingerprint density at radius 2 is 2.04 bits per heavy atom. The first-order chi connectivity index (χ1) is 10.7. The summed E-state index contributed by atoms with van der Waals surface area (Å²) in [4.78, 5) is 21.5. The van der Waals surface area contributed by atoms with Gasteiger partial charge in [-0.2, -0.15) is 4.37 Å². The monoisotopic (exact) mass is 395 g/mol. The Hall–Kier alpha value is -0.630. The number of carbonyl (C=O) groups is 1. The van der Waals surface area contributed by atoms with Gasteiger partial charge in [0.1, 0.15) is 5.82 Å². The Morgan fingerprint density at radius 1 is 1.29 bits per heavy atom. The molecule has 0 bridgehead atoms. The maximum Gasteiger partial charge on any atom is 0.225 e. The maximum atomic E-state index is 12.6. The molecule has 3 heterocycles. The Morgan fingerprint density at radius 3 is 2.62 bits per heavy atom. The first-order valence-corrected chi connectivity index (χ1v) is 9.03. The molecule has 0 aromatic carbocycles. The predicted octanol–water partition coefficient (Wildman–Crippen LogP) is 1.84. The zero-order valence-corrected chi connectivity index (χ0v) is 16.7. The third-order valence-corrected chi connectivity index (χ3v) is 5.58. The molecule has 9 heteroatoms. The van der Waals surface area contributed by atoms with Crippen molar-refractivity contribution in [3.8, 4) is 0 Å². The number of carbonyl (C=O) groups excluding carboxylic acids is 1. The molecular weight excluding hydrogens is 369 g/mol. The number of nitrogens with zero attached hydrogens (tertiary/aromatic N) is 4. The number of hydrogen-bond acceptors (Lipinski definition) is 6. The number of aromatic nitrogens is 2. The van der Waals surface area contributed by atoms with E-state index in [9.17, 15) is 4.79 Å². The van der Waals surface area contributed by atoms with Crippen LogP contribution in [0.4, 0.5) is 5.13 Å². The summed E-state index contributed by atoms with van der Waals surface area (Å²) in [5, 5.41) is 4.26. The van der Waals surface area contributed by atoms with Crippen molar-refractivity contribution < 1.29 is 4.79 Å². The Labute approximate surface area is 160 Å². The second kappa shape index (κ2) is 9.75. The second-order valence-corrected chi connectivity index (χ2v) is 6.95. The van der Waals surface area contributed by atoms with Crippen LogP contribution >= 0.6 is 36.3 Å². The van der Waals surface area contributed by atoms with Crippen LogP contribution < -0.4 is 10.2 Å². The summed E-state index contributed by atoms with van der Waals surface area (Å²) in [6, 6.07) is 0. The van der Waals surface area contributed by atoms with E-state index in [0.29, 0.717) is 11.8 Å². The molecule has 1 aromatic rings. The van der Waals surface area contributed by atoms with Crippen LogP contribution in [0, 0.1) is 11.8 Å². The van der Waals surface area contributed by atoms with Gasteiger partial charge in [0.25, 0.3) is 0 Å². The van der Waals surface area contributed by atoms with Gasteiger partial charge in [0.15, 0.2) is 0 Å². The van der Waals surface area contributed by atoms with E-state index < -0.39 is 0 Å². The molecule has 2 aliphatic heterocycles. The minimum Gasteiger partial charge on any atom is -0.345 e. The molecule has 3 rings (SSSR count). The van der Waals surface area contributed by atoms with Gasteiger partial charge in [-0.1, -0.05) is 13.8 Å². The fourth-order valence-corrected chi connectivity index (χ4v) is 3.80. The van der Waals surface area contributed by atoms with Crippen molar-refractivity contribution in [1.82, 2.24) is 19.6 Å². The lowest BCUT2D eigenvalue weighted by Crippen LogP contribution is -2.50. The van der Waals surface area contributed by atoms with Crippen molar-refractivity contribution in [3.05, 3.63) is 5.82 Å². The van der Waals surface area contributed by atoms with E-state index in [2.05, 4.69) is 33.4 Å². The summed E-state index contributed by atoms with van der Waals surface area (Å²) in [6.45, 7) is 9.60. The van der Waals surface area contributed by atoms with E-state index in [1.165, 1.54) is 11.5 Å². The minimum atomic E-state index is 0. The number of aryl methyl sites for hydroxylation is 1. The van der Waals surface area contributed by atoms with Crippen LogP contribution in [0.5, 0.6) is 0 Å². The van der Waals surface area contributed by atoms with E-state index in [4.69, 9.17) is 0 Å². The molecule has 0 aliphatic carbocycles. The van der Waals surface area contributed by atoms with Crippen molar-refractivity contribution in [1.29, 1.82) is 0 Å². The van der Waals surface area contributed by atoms with Gasteiger partial charge in [-0.3, -0.25) is 4.79 Å². The molecule has 2 fully saturated rings. The van der Waals surface area contributed by atoms with Crippen LogP contribution in [0.2, 0.25) is 0 Å². The van der Waals surface area contributed by atoms with Gasteiger partial charge >= 0.3 is 0 Å². The van der Waals surface area contributed by atoms with E-state index in [1.54, 1.807) is 0 Å². The average Bonchev–Trinajstić information content (AvgIpc) is 2.82. The maximum absolute atomic E-state index is 12.6. The van der Waals surface area contributed by atoms with Gasteiger partial charge in [-0.15, -0.1) is 24.8 Å². The summed E-state index contributed by atoms with van der Waals surface area (Å²) >= 11 is 1.48. The molecule has 1 unspecified atom stereocenters. The minimum absolute atomic E-state index is 0. The summed E-state index contributed by atoms with van der Waals surface area (Å²) in [7, 11) is 0. The average molecular weight is 396 g/mol. The lowest BCUT2D eigenvalue weighted by Gasteiger charge is -2.34. The molecule has 1 N–H and O–H groups in total. The molecule has 138 valence electrons. The highest BCUT2D eigenvalue weighted by Crippen LogP contribution is 2.22. The van der Waals surface area contributed by atoms with Crippen molar-refractivity contribution in [2.75, 3.05) is 44.2 Å². The first-order valence-electron chi connectivity index (χ1n) is 8.26. The van der Waals surface area contributed by atoms with Crippen LogP contribution in [-0.2, 0) is 11.2 Å². The molecule has 2 saturated heterocycles. The molecule has 1 atom stereocenters.